The predicted octanol–water partition coefficient (Wildman–Crippen LogP) is -1.66. The molecule has 0 unspecified atom stereocenters. The molecule has 16 heavy (non-hydrogen) atoms. The van der Waals surface area contributed by atoms with Gasteiger partial charge in [0.05, 0.1) is 23.9 Å². The number of carbonyl (C=O) groups excluding carboxylic acids is 3. The fraction of sp³-hybridized carbons (Fsp3) is 0.222. The van der Waals surface area contributed by atoms with Crippen molar-refractivity contribution in [3.05, 3.63) is 22.4 Å². The van der Waals surface area contributed by atoms with Gasteiger partial charge in [-0.05, 0) is 11.4 Å². The van der Waals surface area contributed by atoms with Crippen LogP contribution in [0.25, 0.3) is 0 Å². The quantitative estimate of drug-likeness (QED) is 0.645. The molecule has 1 aromatic rings. The lowest BCUT2D eigenvalue weighted by Gasteiger charge is -2.06. The van der Waals surface area contributed by atoms with Gasteiger partial charge in [-0.25, -0.2) is 0 Å². The summed E-state index contributed by atoms with van der Waals surface area (Å²) in [5, 5.41) is 16.2. The number of thiophene rings is 1. The number of carbonyl (C=O) groups is 3. The molecule has 0 fully saturated rings. The fourth-order valence-corrected chi connectivity index (χ4v) is 1.53. The highest BCUT2D eigenvalue weighted by Crippen LogP contribution is 2.07. The summed E-state index contributed by atoms with van der Waals surface area (Å²) >= 11 is 1.25. The second-order valence-electron chi connectivity index (χ2n) is 2.81. The number of rotatable bonds is 5. The van der Waals surface area contributed by atoms with Gasteiger partial charge in [0, 0.05) is 0 Å². The zero-order valence-corrected chi connectivity index (χ0v) is 9.00. The SMILES string of the molecule is O=C([O-])CNC(=O)CNC(=O)c1cccs1. The minimum Gasteiger partial charge on any atom is -0.548 e. The summed E-state index contributed by atoms with van der Waals surface area (Å²) in [6.45, 7) is -0.822. The third-order valence-electron chi connectivity index (χ3n) is 1.58. The van der Waals surface area contributed by atoms with E-state index in [1.54, 1.807) is 17.5 Å². The number of carboxylic acid groups (broad SMARTS) is 1. The monoisotopic (exact) mass is 241 g/mol. The van der Waals surface area contributed by atoms with E-state index in [1.807, 2.05) is 0 Å². The predicted molar refractivity (Wildman–Crippen MR) is 54.7 cm³/mol. The van der Waals surface area contributed by atoms with Crippen molar-refractivity contribution in [3.63, 3.8) is 0 Å². The van der Waals surface area contributed by atoms with Crippen LogP contribution in [0.15, 0.2) is 17.5 Å². The molecule has 0 atom stereocenters. The first-order chi connectivity index (χ1) is 7.59. The number of hydrogen-bond donors (Lipinski definition) is 2. The van der Waals surface area contributed by atoms with E-state index >= 15 is 0 Å². The van der Waals surface area contributed by atoms with Gasteiger partial charge >= 0.3 is 0 Å². The summed E-state index contributed by atoms with van der Waals surface area (Å²) < 4.78 is 0. The lowest BCUT2D eigenvalue weighted by molar-refractivity contribution is -0.304. The van der Waals surface area contributed by atoms with Gasteiger partial charge in [0.15, 0.2) is 0 Å². The maximum absolute atomic E-state index is 11.3. The standard InChI is InChI=1S/C9H10N2O4S/c12-7(10-5-8(13)14)4-11-9(15)6-2-1-3-16-6/h1-3H,4-5H2,(H,10,12)(H,11,15)(H,13,14)/p-1. The van der Waals surface area contributed by atoms with Crippen LogP contribution in [0.1, 0.15) is 9.67 Å². The van der Waals surface area contributed by atoms with Crippen molar-refractivity contribution in [1.29, 1.82) is 0 Å². The highest BCUT2D eigenvalue weighted by Gasteiger charge is 2.07. The van der Waals surface area contributed by atoms with Gasteiger partial charge in [0.25, 0.3) is 5.91 Å². The summed E-state index contributed by atoms with van der Waals surface area (Å²) in [6.07, 6.45) is 0. The number of aliphatic carboxylic acids is 1. The fourth-order valence-electron chi connectivity index (χ4n) is 0.889. The number of carboxylic acids is 1. The van der Waals surface area contributed by atoms with E-state index in [4.69, 9.17) is 0 Å². The first-order valence-corrected chi connectivity index (χ1v) is 5.26. The molecular formula is C9H9N2O4S-. The molecule has 0 saturated heterocycles. The molecule has 0 saturated carbocycles. The van der Waals surface area contributed by atoms with Gasteiger partial charge in [-0.15, -0.1) is 11.3 Å². The zero-order chi connectivity index (χ0) is 12.0. The van der Waals surface area contributed by atoms with Crippen LogP contribution in [-0.4, -0.2) is 30.9 Å². The lowest BCUT2D eigenvalue weighted by Crippen LogP contribution is -2.42. The van der Waals surface area contributed by atoms with E-state index in [1.165, 1.54) is 11.3 Å². The molecule has 2 N–H and O–H groups in total. The minimum atomic E-state index is -1.38. The molecule has 2 amide bonds. The molecule has 1 aromatic heterocycles. The molecule has 0 aliphatic heterocycles. The van der Waals surface area contributed by atoms with E-state index in [0.29, 0.717) is 4.88 Å². The average molecular weight is 241 g/mol. The molecule has 6 nitrogen and oxygen atoms in total. The van der Waals surface area contributed by atoms with Crippen LogP contribution in [-0.2, 0) is 9.59 Å². The van der Waals surface area contributed by atoms with Gasteiger partial charge in [0.2, 0.25) is 5.91 Å². The Labute approximate surface area is 95.3 Å². The van der Waals surface area contributed by atoms with E-state index in [9.17, 15) is 19.5 Å². The van der Waals surface area contributed by atoms with Crippen LogP contribution in [0.4, 0.5) is 0 Å². The van der Waals surface area contributed by atoms with E-state index in [0.717, 1.165) is 0 Å². The Balaban J connectivity index is 2.27. The second kappa shape index (κ2) is 5.86. The first-order valence-electron chi connectivity index (χ1n) is 4.38. The van der Waals surface area contributed by atoms with Crippen molar-refractivity contribution in [1.82, 2.24) is 10.6 Å². The van der Waals surface area contributed by atoms with Gasteiger partial charge in [-0.3, -0.25) is 9.59 Å². The summed E-state index contributed by atoms with van der Waals surface area (Å²) in [5.41, 5.74) is 0. The van der Waals surface area contributed by atoms with E-state index in [2.05, 4.69) is 10.6 Å². The molecule has 0 aromatic carbocycles. The van der Waals surface area contributed by atoms with Gasteiger partial charge in [-0.1, -0.05) is 6.07 Å². The van der Waals surface area contributed by atoms with Crippen LogP contribution in [0.3, 0.4) is 0 Å². The molecule has 0 aliphatic rings. The van der Waals surface area contributed by atoms with Gasteiger partial charge in [0.1, 0.15) is 0 Å². The Hall–Kier alpha value is -1.89. The second-order valence-corrected chi connectivity index (χ2v) is 3.76. The topological polar surface area (TPSA) is 98.3 Å². The summed E-state index contributed by atoms with van der Waals surface area (Å²) in [7, 11) is 0. The normalized spacial score (nSPS) is 9.50. The van der Waals surface area contributed by atoms with Crippen molar-refractivity contribution in [2.24, 2.45) is 0 Å². The Kier molecular flexibility index (Phi) is 4.46. The van der Waals surface area contributed by atoms with Crippen LogP contribution in [0, 0.1) is 0 Å². The molecule has 0 spiro atoms. The largest absolute Gasteiger partial charge is 0.548 e. The molecule has 1 rings (SSSR count). The van der Waals surface area contributed by atoms with Gasteiger partial charge < -0.3 is 20.5 Å². The Bertz CT molecular complexity index is 388. The van der Waals surface area contributed by atoms with Crippen LogP contribution in [0.2, 0.25) is 0 Å². The van der Waals surface area contributed by atoms with Crippen LogP contribution >= 0.6 is 11.3 Å². The van der Waals surface area contributed by atoms with E-state index < -0.39 is 18.4 Å². The summed E-state index contributed by atoms with van der Waals surface area (Å²) in [5.74, 6) is -2.31. The smallest absolute Gasteiger partial charge is 0.261 e. The third kappa shape index (κ3) is 4.09. The Morgan fingerprint density at radius 3 is 2.56 bits per heavy atom. The number of hydrogen-bond acceptors (Lipinski definition) is 5. The molecule has 1 heterocycles. The molecule has 86 valence electrons. The minimum absolute atomic E-state index is 0.260. The zero-order valence-electron chi connectivity index (χ0n) is 8.19. The van der Waals surface area contributed by atoms with Crippen LogP contribution < -0.4 is 15.7 Å². The maximum atomic E-state index is 11.3. The molecule has 0 bridgehead atoms. The maximum Gasteiger partial charge on any atom is 0.261 e. The van der Waals surface area contributed by atoms with Crippen LogP contribution in [0.5, 0.6) is 0 Å². The molecule has 0 aliphatic carbocycles. The first kappa shape index (κ1) is 12.2. The number of amides is 2. The molecule has 0 radical (unpaired) electrons. The third-order valence-corrected chi connectivity index (χ3v) is 2.45. The molecule has 7 heteroatoms. The Morgan fingerprint density at radius 1 is 1.25 bits per heavy atom. The van der Waals surface area contributed by atoms with Crippen molar-refractivity contribution >= 4 is 29.1 Å². The highest BCUT2D eigenvalue weighted by atomic mass is 32.1. The lowest BCUT2D eigenvalue weighted by atomic mass is 10.4. The summed E-state index contributed by atoms with van der Waals surface area (Å²) in [6, 6.07) is 3.34. The summed E-state index contributed by atoms with van der Waals surface area (Å²) in [4.78, 5) is 32.9. The highest BCUT2D eigenvalue weighted by molar-refractivity contribution is 7.12. The molecular weight excluding hydrogens is 232 g/mol. The van der Waals surface area contributed by atoms with Gasteiger partial charge in [-0.2, -0.15) is 0 Å². The van der Waals surface area contributed by atoms with Crippen molar-refractivity contribution in [2.45, 2.75) is 0 Å². The van der Waals surface area contributed by atoms with Crippen molar-refractivity contribution in [2.75, 3.05) is 13.1 Å². The number of nitrogens with one attached hydrogen (secondary N) is 2. The average Bonchev–Trinajstić information content (AvgIpc) is 2.76. The van der Waals surface area contributed by atoms with Crippen molar-refractivity contribution < 1.29 is 19.5 Å². The van der Waals surface area contributed by atoms with E-state index in [-0.39, 0.29) is 12.5 Å². The Morgan fingerprint density at radius 2 is 2.00 bits per heavy atom. The van der Waals surface area contributed by atoms with Crippen molar-refractivity contribution in [3.8, 4) is 0 Å².